The molecule has 0 spiro atoms. The lowest BCUT2D eigenvalue weighted by molar-refractivity contribution is -0.180. The van der Waals surface area contributed by atoms with Crippen molar-refractivity contribution in [1.82, 2.24) is 0 Å². The Hall–Kier alpha value is -2.18. The van der Waals surface area contributed by atoms with Crippen LogP contribution in [0.1, 0.15) is 27.2 Å². The molecule has 20 heavy (non-hydrogen) atoms. The van der Waals surface area contributed by atoms with Gasteiger partial charge in [-0.3, -0.25) is 14.4 Å². The normalized spacial score (nSPS) is 25.1. The molecule has 0 heterocycles. The Bertz CT molecular complexity index is 456. The monoisotopic (exact) mass is 283 g/mol. The minimum atomic E-state index is -0.913. The summed E-state index contributed by atoms with van der Waals surface area (Å²) in [4.78, 5) is 33.4. The van der Waals surface area contributed by atoms with Crippen molar-refractivity contribution in [2.24, 2.45) is 0 Å². The number of hydrogen-bond donors (Lipinski definition) is 1. The van der Waals surface area contributed by atoms with Crippen LogP contribution in [0.3, 0.4) is 0 Å². The second-order valence-electron chi connectivity index (χ2n) is 4.39. The first-order chi connectivity index (χ1) is 9.33. The van der Waals surface area contributed by atoms with Crippen molar-refractivity contribution in [2.75, 3.05) is 0 Å². The minimum Gasteiger partial charge on any atom is -0.458 e. The molecule has 0 radical (unpaired) electrons. The Labute approximate surface area is 116 Å². The highest BCUT2D eigenvalue weighted by Crippen LogP contribution is 2.26. The van der Waals surface area contributed by atoms with Gasteiger partial charge in [0.05, 0.1) is 0 Å². The van der Waals surface area contributed by atoms with E-state index in [2.05, 4.69) is 0 Å². The van der Waals surface area contributed by atoms with Gasteiger partial charge in [0.1, 0.15) is 6.10 Å². The van der Waals surface area contributed by atoms with Crippen molar-refractivity contribution < 1.29 is 28.6 Å². The standard InChI is InChI=1S/C13H17NO6/c1-7(15)18-11-4-10(6-14)5-12(19-8(2)16)13(11)20-9(3)17/h4,6,11-14H,5H2,1-3H3/t11-,12-,13-/m1/s1. The predicted octanol–water partition coefficient (Wildman–Crippen LogP) is 0.761. The van der Waals surface area contributed by atoms with Crippen molar-refractivity contribution in [3.8, 4) is 0 Å². The third kappa shape index (κ3) is 4.49. The number of nitrogens with one attached hydrogen (secondary N) is 1. The molecule has 0 amide bonds. The van der Waals surface area contributed by atoms with Crippen LogP contribution >= 0.6 is 0 Å². The summed E-state index contributed by atoms with van der Waals surface area (Å²) < 4.78 is 15.3. The number of rotatable bonds is 4. The summed E-state index contributed by atoms with van der Waals surface area (Å²) in [5.41, 5.74) is 0.533. The number of hydrogen-bond acceptors (Lipinski definition) is 7. The third-order valence-electron chi connectivity index (χ3n) is 2.61. The van der Waals surface area contributed by atoms with E-state index in [9.17, 15) is 14.4 Å². The molecule has 7 nitrogen and oxygen atoms in total. The Balaban J connectivity index is 3.05. The molecule has 0 bridgehead atoms. The van der Waals surface area contributed by atoms with Gasteiger partial charge in [-0.2, -0.15) is 0 Å². The van der Waals surface area contributed by atoms with Gasteiger partial charge in [-0.25, -0.2) is 0 Å². The molecular weight excluding hydrogens is 266 g/mol. The fraction of sp³-hybridized carbons (Fsp3) is 0.538. The molecule has 0 aliphatic heterocycles. The van der Waals surface area contributed by atoms with E-state index < -0.39 is 36.2 Å². The van der Waals surface area contributed by atoms with E-state index in [0.29, 0.717) is 5.57 Å². The molecule has 1 aliphatic rings. The van der Waals surface area contributed by atoms with Crippen LogP contribution in [-0.4, -0.2) is 42.4 Å². The van der Waals surface area contributed by atoms with Crippen molar-refractivity contribution in [1.29, 1.82) is 5.41 Å². The zero-order chi connectivity index (χ0) is 15.3. The van der Waals surface area contributed by atoms with E-state index in [1.807, 2.05) is 0 Å². The predicted molar refractivity (Wildman–Crippen MR) is 68.1 cm³/mol. The zero-order valence-corrected chi connectivity index (χ0v) is 11.5. The topological polar surface area (TPSA) is 103 Å². The molecule has 7 heteroatoms. The second-order valence-corrected chi connectivity index (χ2v) is 4.39. The van der Waals surface area contributed by atoms with Crippen LogP contribution in [0.15, 0.2) is 11.6 Å². The van der Waals surface area contributed by atoms with Gasteiger partial charge in [-0.15, -0.1) is 0 Å². The van der Waals surface area contributed by atoms with E-state index in [1.54, 1.807) is 0 Å². The molecule has 0 aromatic carbocycles. The highest BCUT2D eigenvalue weighted by Gasteiger charge is 2.39. The van der Waals surface area contributed by atoms with Crippen LogP contribution in [0.4, 0.5) is 0 Å². The summed E-state index contributed by atoms with van der Waals surface area (Å²) in [5.74, 6) is -1.67. The summed E-state index contributed by atoms with van der Waals surface area (Å²) in [5, 5.41) is 7.27. The fourth-order valence-electron chi connectivity index (χ4n) is 1.99. The van der Waals surface area contributed by atoms with Crippen molar-refractivity contribution in [3.05, 3.63) is 11.6 Å². The van der Waals surface area contributed by atoms with E-state index in [-0.39, 0.29) is 6.42 Å². The van der Waals surface area contributed by atoms with Gasteiger partial charge in [0.25, 0.3) is 0 Å². The lowest BCUT2D eigenvalue weighted by atomic mass is 9.92. The molecule has 0 saturated carbocycles. The molecule has 0 aromatic heterocycles. The van der Waals surface area contributed by atoms with Gasteiger partial charge in [-0.05, 0) is 11.6 Å². The molecular formula is C13H17NO6. The minimum absolute atomic E-state index is 0.221. The Morgan fingerprint density at radius 1 is 1.10 bits per heavy atom. The van der Waals surface area contributed by atoms with E-state index in [4.69, 9.17) is 19.6 Å². The fourth-order valence-corrected chi connectivity index (χ4v) is 1.99. The van der Waals surface area contributed by atoms with Gasteiger partial charge < -0.3 is 19.6 Å². The van der Waals surface area contributed by atoms with Crippen molar-refractivity contribution in [2.45, 2.75) is 45.5 Å². The molecule has 0 aromatic rings. The van der Waals surface area contributed by atoms with E-state index in [1.165, 1.54) is 26.8 Å². The highest BCUT2D eigenvalue weighted by molar-refractivity contribution is 5.77. The molecule has 1 aliphatic carbocycles. The average Bonchev–Trinajstić information content (AvgIpc) is 2.30. The lowest BCUT2D eigenvalue weighted by Gasteiger charge is -2.34. The van der Waals surface area contributed by atoms with Crippen molar-refractivity contribution in [3.63, 3.8) is 0 Å². The molecule has 1 N–H and O–H groups in total. The van der Waals surface area contributed by atoms with E-state index >= 15 is 0 Å². The molecule has 0 fully saturated rings. The quantitative estimate of drug-likeness (QED) is 0.464. The summed E-state index contributed by atoms with van der Waals surface area (Å²) in [6.07, 6.45) is 0.232. The van der Waals surface area contributed by atoms with Crippen LogP contribution in [0, 0.1) is 5.41 Å². The first-order valence-corrected chi connectivity index (χ1v) is 6.06. The van der Waals surface area contributed by atoms with Gasteiger partial charge in [0, 0.05) is 33.4 Å². The van der Waals surface area contributed by atoms with Crippen molar-refractivity contribution >= 4 is 24.1 Å². The maximum absolute atomic E-state index is 11.2. The molecule has 1 rings (SSSR count). The Morgan fingerprint density at radius 2 is 1.65 bits per heavy atom. The number of carbonyl (C=O) groups is 3. The second kappa shape index (κ2) is 6.83. The smallest absolute Gasteiger partial charge is 0.303 e. The molecule has 0 saturated heterocycles. The van der Waals surface area contributed by atoms with Gasteiger partial charge in [-0.1, -0.05) is 0 Å². The maximum atomic E-state index is 11.2. The number of esters is 3. The zero-order valence-electron chi connectivity index (χ0n) is 11.5. The lowest BCUT2D eigenvalue weighted by Crippen LogP contribution is -2.47. The molecule has 110 valence electrons. The molecule has 0 unspecified atom stereocenters. The number of carbonyl (C=O) groups excluding carboxylic acids is 3. The van der Waals surface area contributed by atoms with Crippen LogP contribution in [0.25, 0.3) is 0 Å². The first kappa shape index (κ1) is 15.9. The van der Waals surface area contributed by atoms with Crippen LogP contribution in [-0.2, 0) is 28.6 Å². The summed E-state index contributed by atoms with van der Waals surface area (Å²) >= 11 is 0. The Morgan fingerprint density at radius 3 is 2.10 bits per heavy atom. The van der Waals surface area contributed by atoms with Crippen LogP contribution < -0.4 is 0 Å². The Kier molecular flexibility index (Phi) is 5.42. The highest BCUT2D eigenvalue weighted by atomic mass is 16.6. The SMILES string of the molecule is CC(=O)O[C@@H]1[C@H](OC(C)=O)C=C(C=N)C[C@H]1OC(C)=O. The average molecular weight is 283 g/mol. The van der Waals surface area contributed by atoms with Gasteiger partial charge in [0.15, 0.2) is 12.2 Å². The maximum Gasteiger partial charge on any atom is 0.303 e. The third-order valence-corrected chi connectivity index (χ3v) is 2.61. The molecule has 3 atom stereocenters. The summed E-state index contributed by atoms with van der Waals surface area (Å²) in [6.45, 7) is 3.66. The summed E-state index contributed by atoms with van der Waals surface area (Å²) in [6, 6.07) is 0. The van der Waals surface area contributed by atoms with Gasteiger partial charge in [0.2, 0.25) is 0 Å². The summed E-state index contributed by atoms with van der Waals surface area (Å²) in [7, 11) is 0. The van der Waals surface area contributed by atoms with Gasteiger partial charge >= 0.3 is 17.9 Å². The largest absolute Gasteiger partial charge is 0.458 e. The van der Waals surface area contributed by atoms with Crippen LogP contribution in [0.5, 0.6) is 0 Å². The van der Waals surface area contributed by atoms with E-state index in [0.717, 1.165) is 6.21 Å². The first-order valence-electron chi connectivity index (χ1n) is 6.06. The number of ether oxygens (including phenoxy) is 3. The van der Waals surface area contributed by atoms with Crippen LogP contribution in [0.2, 0.25) is 0 Å².